The van der Waals surface area contributed by atoms with Gasteiger partial charge in [0.15, 0.2) is 11.6 Å². The van der Waals surface area contributed by atoms with E-state index in [1.165, 1.54) is 23.6 Å². The molecule has 3 rings (SSSR count). The molecule has 0 heterocycles. The Morgan fingerprint density at radius 1 is 1.10 bits per heavy atom. The predicted octanol–water partition coefficient (Wildman–Crippen LogP) is 3.74. The molecule has 0 spiro atoms. The van der Waals surface area contributed by atoms with Crippen LogP contribution in [0.25, 0.3) is 0 Å². The first-order valence-electron chi connectivity index (χ1n) is 6.52. The van der Waals surface area contributed by atoms with Gasteiger partial charge in [0.05, 0.1) is 0 Å². The molecule has 0 radical (unpaired) electrons. The van der Waals surface area contributed by atoms with Crippen LogP contribution in [0.1, 0.15) is 23.1 Å². The fraction of sp³-hybridized carbons (Fsp3) is 0.188. The summed E-state index contributed by atoms with van der Waals surface area (Å²) in [5, 5.41) is 0. The maximum atomic E-state index is 13.9. The van der Waals surface area contributed by atoms with E-state index in [-0.39, 0.29) is 10.7 Å². The first-order chi connectivity index (χ1) is 9.63. The molecule has 0 saturated heterocycles. The van der Waals surface area contributed by atoms with Crippen molar-refractivity contribution in [3.8, 4) is 11.5 Å². The van der Waals surface area contributed by atoms with E-state index in [1.807, 2.05) is 12.1 Å². The van der Waals surface area contributed by atoms with E-state index in [0.29, 0.717) is 11.3 Å². The standard InChI is InChI=1S/C16H14FNOS/c17-14-9-12(16(18)20)5-7-15(14)19-13-6-4-10-2-1-3-11(10)8-13/h4-9H,1-3H2,(H2,18,20). The molecule has 2 aromatic rings. The van der Waals surface area contributed by atoms with Gasteiger partial charge in [-0.3, -0.25) is 0 Å². The normalized spacial score (nSPS) is 13.1. The summed E-state index contributed by atoms with van der Waals surface area (Å²) in [4.78, 5) is 0.174. The highest BCUT2D eigenvalue weighted by Crippen LogP contribution is 2.30. The number of rotatable bonds is 3. The highest BCUT2D eigenvalue weighted by atomic mass is 32.1. The van der Waals surface area contributed by atoms with Crippen LogP contribution >= 0.6 is 12.2 Å². The van der Waals surface area contributed by atoms with Gasteiger partial charge in [0.25, 0.3) is 0 Å². The summed E-state index contributed by atoms with van der Waals surface area (Å²) in [5.74, 6) is 0.381. The van der Waals surface area contributed by atoms with E-state index in [0.717, 1.165) is 12.8 Å². The summed E-state index contributed by atoms with van der Waals surface area (Å²) >= 11 is 4.82. The van der Waals surface area contributed by atoms with Crippen LogP contribution < -0.4 is 10.5 Å². The second-order valence-corrected chi connectivity index (χ2v) is 5.34. The Kier molecular flexibility index (Phi) is 3.40. The number of halogens is 1. The second kappa shape index (κ2) is 5.21. The molecule has 1 aliphatic carbocycles. The van der Waals surface area contributed by atoms with Crippen LogP contribution in [0.4, 0.5) is 4.39 Å². The van der Waals surface area contributed by atoms with Crippen molar-refractivity contribution in [1.29, 1.82) is 0 Å². The molecule has 2 aromatic carbocycles. The van der Waals surface area contributed by atoms with E-state index in [9.17, 15) is 4.39 Å². The molecule has 102 valence electrons. The SMILES string of the molecule is NC(=S)c1ccc(Oc2ccc3c(c2)CCC3)c(F)c1. The van der Waals surface area contributed by atoms with Crippen molar-refractivity contribution in [1.82, 2.24) is 0 Å². The number of hydrogen-bond acceptors (Lipinski definition) is 2. The molecule has 0 bridgehead atoms. The van der Waals surface area contributed by atoms with Gasteiger partial charge < -0.3 is 10.5 Å². The Balaban J connectivity index is 1.86. The van der Waals surface area contributed by atoms with Gasteiger partial charge >= 0.3 is 0 Å². The van der Waals surface area contributed by atoms with Crippen LogP contribution in [-0.2, 0) is 12.8 Å². The van der Waals surface area contributed by atoms with Gasteiger partial charge in [-0.1, -0.05) is 18.3 Å². The largest absolute Gasteiger partial charge is 0.454 e. The third kappa shape index (κ3) is 2.51. The molecule has 0 aromatic heterocycles. The van der Waals surface area contributed by atoms with Crippen LogP contribution in [-0.4, -0.2) is 4.99 Å². The fourth-order valence-corrected chi connectivity index (χ4v) is 2.60. The number of aryl methyl sites for hydroxylation is 2. The van der Waals surface area contributed by atoms with Gasteiger partial charge in [-0.25, -0.2) is 4.39 Å². The Hall–Kier alpha value is -1.94. The minimum Gasteiger partial charge on any atom is -0.454 e. The van der Waals surface area contributed by atoms with Crippen molar-refractivity contribution in [2.24, 2.45) is 5.73 Å². The van der Waals surface area contributed by atoms with Crippen LogP contribution in [0.3, 0.4) is 0 Å². The zero-order valence-corrected chi connectivity index (χ0v) is 11.7. The van der Waals surface area contributed by atoms with Gasteiger partial charge in [0.1, 0.15) is 10.7 Å². The lowest BCUT2D eigenvalue weighted by Gasteiger charge is -2.09. The lowest BCUT2D eigenvalue weighted by Crippen LogP contribution is -2.09. The van der Waals surface area contributed by atoms with Gasteiger partial charge in [-0.2, -0.15) is 0 Å². The fourth-order valence-electron chi connectivity index (χ4n) is 2.48. The minimum atomic E-state index is -0.462. The van der Waals surface area contributed by atoms with Crippen molar-refractivity contribution in [3.05, 3.63) is 58.9 Å². The number of benzene rings is 2. The molecular weight excluding hydrogens is 273 g/mol. The van der Waals surface area contributed by atoms with Crippen molar-refractivity contribution < 1.29 is 9.13 Å². The van der Waals surface area contributed by atoms with Crippen molar-refractivity contribution >= 4 is 17.2 Å². The Labute approximate surface area is 122 Å². The smallest absolute Gasteiger partial charge is 0.166 e. The van der Waals surface area contributed by atoms with E-state index in [1.54, 1.807) is 12.1 Å². The van der Waals surface area contributed by atoms with E-state index in [4.69, 9.17) is 22.7 Å². The average Bonchev–Trinajstić information content (AvgIpc) is 2.88. The first kappa shape index (κ1) is 13.1. The Bertz CT molecular complexity index is 684. The monoisotopic (exact) mass is 287 g/mol. The molecule has 2 N–H and O–H groups in total. The first-order valence-corrected chi connectivity index (χ1v) is 6.93. The van der Waals surface area contributed by atoms with E-state index >= 15 is 0 Å². The maximum absolute atomic E-state index is 13.9. The van der Waals surface area contributed by atoms with E-state index in [2.05, 4.69) is 6.07 Å². The topological polar surface area (TPSA) is 35.2 Å². The number of thiocarbonyl (C=S) groups is 1. The third-order valence-corrected chi connectivity index (χ3v) is 3.75. The summed E-state index contributed by atoms with van der Waals surface area (Å²) in [7, 11) is 0. The third-order valence-electron chi connectivity index (χ3n) is 3.51. The van der Waals surface area contributed by atoms with Crippen LogP contribution in [0, 0.1) is 5.82 Å². The number of nitrogens with two attached hydrogens (primary N) is 1. The number of hydrogen-bond donors (Lipinski definition) is 1. The summed E-state index contributed by atoms with van der Waals surface area (Å²) in [5.41, 5.74) is 8.63. The molecule has 1 aliphatic rings. The second-order valence-electron chi connectivity index (χ2n) is 4.90. The summed E-state index contributed by atoms with van der Waals surface area (Å²) < 4.78 is 19.5. The molecule has 0 fully saturated rings. The lowest BCUT2D eigenvalue weighted by atomic mass is 10.1. The quantitative estimate of drug-likeness (QED) is 0.873. The molecule has 4 heteroatoms. The van der Waals surface area contributed by atoms with Crippen LogP contribution in [0.2, 0.25) is 0 Å². The van der Waals surface area contributed by atoms with Crippen LogP contribution in [0.5, 0.6) is 11.5 Å². The molecule has 0 atom stereocenters. The molecule has 0 amide bonds. The Morgan fingerprint density at radius 2 is 1.90 bits per heavy atom. The highest BCUT2D eigenvalue weighted by Gasteiger charge is 2.13. The zero-order chi connectivity index (χ0) is 14.1. The molecule has 2 nitrogen and oxygen atoms in total. The average molecular weight is 287 g/mol. The molecule has 0 saturated carbocycles. The van der Waals surface area contributed by atoms with Gasteiger partial charge in [-0.05, 0) is 60.7 Å². The molecule has 20 heavy (non-hydrogen) atoms. The van der Waals surface area contributed by atoms with Crippen molar-refractivity contribution in [2.45, 2.75) is 19.3 Å². The summed E-state index contributed by atoms with van der Waals surface area (Å²) in [6.07, 6.45) is 3.36. The van der Waals surface area contributed by atoms with Gasteiger partial charge in [0.2, 0.25) is 0 Å². The number of ether oxygens (including phenoxy) is 1. The van der Waals surface area contributed by atoms with Crippen molar-refractivity contribution in [2.75, 3.05) is 0 Å². The van der Waals surface area contributed by atoms with Crippen molar-refractivity contribution in [3.63, 3.8) is 0 Å². The number of fused-ring (bicyclic) bond motifs is 1. The highest BCUT2D eigenvalue weighted by molar-refractivity contribution is 7.80. The Morgan fingerprint density at radius 3 is 2.65 bits per heavy atom. The zero-order valence-electron chi connectivity index (χ0n) is 10.9. The molecule has 0 unspecified atom stereocenters. The minimum absolute atomic E-state index is 0.174. The predicted molar refractivity (Wildman–Crippen MR) is 80.8 cm³/mol. The summed E-state index contributed by atoms with van der Waals surface area (Å²) in [6.45, 7) is 0. The van der Waals surface area contributed by atoms with Gasteiger partial charge in [-0.15, -0.1) is 0 Å². The summed E-state index contributed by atoms with van der Waals surface area (Å²) in [6, 6.07) is 10.4. The van der Waals surface area contributed by atoms with Crippen LogP contribution in [0.15, 0.2) is 36.4 Å². The maximum Gasteiger partial charge on any atom is 0.166 e. The molecule has 0 aliphatic heterocycles. The van der Waals surface area contributed by atoms with E-state index < -0.39 is 5.82 Å². The molecular formula is C16H14FNOS. The van der Waals surface area contributed by atoms with Gasteiger partial charge in [0, 0.05) is 5.56 Å². The lowest BCUT2D eigenvalue weighted by molar-refractivity contribution is 0.442.